The van der Waals surface area contributed by atoms with Gasteiger partial charge in [-0.05, 0) is 55.2 Å². The van der Waals surface area contributed by atoms with Gasteiger partial charge in [-0.3, -0.25) is 4.79 Å². The molecule has 3 rings (SSSR count). The lowest BCUT2D eigenvalue weighted by Gasteiger charge is -2.32. The van der Waals surface area contributed by atoms with Gasteiger partial charge in [0.2, 0.25) is 5.91 Å². The van der Waals surface area contributed by atoms with Crippen molar-refractivity contribution in [3.05, 3.63) is 48.4 Å². The molecule has 1 fully saturated rings. The van der Waals surface area contributed by atoms with Crippen LogP contribution in [0, 0.1) is 5.92 Å². The number of hydrogen-bond donors (Lipinski definition) is 2. The number of hydrogen-bond acceptors (Lipinski definition) is 4. The Morgan fingerprint density at radius 2 is 1.96 bits per heavy atom. The molecule has 5 heteroatoms. The van der Waals surface area contributed by atoms with Crippen LogP contribution in [0.25, 0.3) is 0 Å². The first-order chi connectivity index (χ1) is 12.2. The summed E-state index contributed by atoms with van der Waals surface area (Å²) in [6, 6.07) is 12.2. The SMILES string of the molecule is CC1CCN(c2ccc(NCCC(=O)NCc3ccco3)cc2)CC1. The molecule has 1 aliphatic heterocycles. The average molecular weight is 341 g/mol. The van der Waals surface area contributed by atoms with Crippen LogP contribution >= 0.6 is 0 Å². The number of carbonyl (C=O) groups excluding carboxylic acids is 1. The molecule has 1 aliphatic rings. The van der Waals surface area contributed by atoms with Gasteiger partial charge < -0.3 is 20.0 Å². The highest BCUT2D eigenvalue weighted by Crippen LogP contribution is 2.24. The standard InChI is InChI=1S/C20H27N3O2/c1-16-9-12-23(13-10-16)18-6-4-17(5-7-18)21-11-8-20(24)22-15-19-3-2-14-25-19/h2-7,14,16,21H,8-13,15H2,1H3,(H,22,24). The van der Waals surface area contributed by atoms with Crippen LogP contribution < -0.4 is 15.5 Å². The molecule has 1 aromatic heterocycles. The van der Waals surface area contributed by atoms with Gasteiger partial charge >= 0.3 is 0 Å². The Labute approximate surface area is 149 Å². The summed E-state index contributed by atoms with van der Waals surface area (Å²) in [5.41, 5.74) is 2.33. The molecule has 0 unspecified atom stereocenters. The van der Waals surface area contributed by atoms with Crippen LogP contribution in [-0.4, -0.2) is 25.5 Å². The molecule has 1 saturated heterocycles. The van der Waals surface area contributed by atoms with Crippen molar-refractivity contribution in [3.8, 4) is 0 Å². The summed E-state index contributed by atoms with van der Waals surface area (Å²) in [6.07, 6.45) is 4.59. The summed E-state index contributed by atoms with van der Waals surface area (Å²) in [5.74, 6) is 1.63. The highest BCUT2D eigenvalue weighted by atomic mass is 16.3. The van der Waals surface area contributed by atoms with Crippen LogP contribution in [0.4, 0.5) is 11.4 Å². The van der Waals surface area contributed by atoms with E-state index in [0.29, 0.717) is 19.5 Å². The lowest BCUT2D eigenvalue weighted by molar-refractivity contribution is -0.121. The number of furan rings is 1. The van der Waals surface area contributed by atoms with Gasteiger partial charge in [0.05, 0.1) is 12.8 Å². The number of piperidine rings is 1. The zero-order valence-electron chi connectivity index (χ0n) is 14.8. The minimum Gasteiger partial charge on any atom is -0.467 e. The molecule has 25 heavy (non-hydrogen) atoms. The number of carbonyl (C=O) groups is 1. The predicted octanol–water partition coefficient (Wildman–Crippen LogP) is 3.63. The molecule has 1 amide bonds. The number of amides is 1. The van der Waals surface area contributed by atoms with E-state index >= 15 is 0 Å². The van der Waals surface area contributed by atoms with Gasteiger partial charge in [-0.15, -0.1) is 0 Å². The van der Waals surface area contributed by atoms with E-state index in [1.165, 1.54) is 18.5 Å². The maximum Gasteiger partial charge on any atom is 0.222 e. The smallest absolute Gasteiger partial charge is 0.222 e. The van der Waals surface area contributed by atoms with E-state index < -0.39 is 0 Å². The molecule has 1 aromatic carbocycles. The summed E-state index contributed by atoms with van der Waals surface area (Å²) in [4.78, 5) is 14.3. The Kier molecular flexibility index (Phi) is 5.99. The molecular weight excluding hydrogens is 314 g/mol. The fraction of sp³-hybridized carbons (Fsp3) is 0.450. The van der Waals surface area contributed by atoms with Crippen LogP contribution in [0.3, 0.4) is 0 Å². The maximum atomic E-state index is 11.8. The second-order valence-corrected chi connectivity index (χ2v) is 6.75. The third-order valence-corrected chi connectivity index (χ3v) is 4.74. The summed E-state index contributed by atoms with van der Waals surface area (Å²) in [6.45, 7) is 5.67. The average Bonchev–Trinajstić information content (AvgIpc) is 3.15. The summed E-state index contributed by atoms with van der Waals surface area (Å²) in [7, 11) is 0. The first kappa shape index (κ1) is 17.4. The van der Waals surface area contributed by atoms with E-state index in [9.17, 15) is 4.79 Å². The molecule has 0 saturated carbocycles. The number of benzene rings is 1. The third-order valence-electron chi connectivity index (χ3n) is 4.74. The van der Waals surface area contributed by atoms with Gasteiger partial charge in [0.15, 0.2) is 0 Å². The zero-order chi connectivity index (χ0) is 17.5. The number of nitrogens with one attached hydrogen (secondary N) is 2. The molecule has 2 aromatic rings. The van der Waals surface area contributed by atoms with E-state index in [0.717, 1.165) is 30.5 Å². The van der Waals surface area contributed by atoms with Gasteiger partial charge in [-0.2, -0.15) is 0 Å². The molecular formula is C20H27N3O2. The van der Waals surface area contributed by atoms with Crippen LogP contribution in [0.1, 0.15) is 31.9 Å². The fourth-order valence-corrected chi connectivity index (χ4v) is 3.06. The lowest BCUT2D eigenvalue weighted by Crippen LogP contribution is -2.32. The quantitative estimate of drug-likeness (QED) is 0.807. The Morgan fingerprint density at radius 3 is 2.64 bits per heavy atom. The Bertz CT molecular complexity index is 644. The van der Waals surface area contributed by atoms with Crippen molar-refractivity contribution in [1.29, 1.82) is 0 Å². The van der Waals surface area contributed by atoms with Crippen molar-refractivity contribution in [2.24, 2.45) is 5.92 Å². The summed E-state index contributed by atoms with van der Waals surface area (Å²) in [5, 5.41) is 6.15. The van der Waals surface area contributed by atoms with Gasteiger partial charge in [0.1, 0.15) is 5.76 Å². The molecule has 5 nitrogen and oxygen atoms in total. The van der Waals surface area contributed by atoms with Crippen LogP contribution in [0.15, 0.2) is 47.1 Å². The normalized spacial score (nSPS) is 15.2. The number of nitrogens with zero attached hydrogens (tertiary/aromatic N) is 1. The van der Waals surface area contributed by atoms with Gasteiger partial charge in [-0.1, -0.05) is 6.92 Å². The second-order valence-electron chi connectivity index (χ2n) is 6.75. The maximum absolute atomic E-state index is 11.8. The molecule has 2 heterocycles. The van der Waals surface area contributed by atoms with Crippen molar-refractivity contribution in [2.45, 2.75) is 32.7 Å². The Balaban J connectivity index is 1.37. The topological polar surface area (TPSA) is 57.5 Å². The molecule has 2 N–H and O–H groups in total. The van der Waals surface area contributed by atoms with E-state index in [1.807, 2.05) is 12.1 Å². The largest absolute Gasteiger partial charge is 0.467 e. The van der Waals surface area contributed by atoms with Crippen LogP contribution in [0.5, 0.6) is 0 Å². The summed E-state index contributed by atoms with van der Waals surface area (Å²) >= 11 is 0. The van der Waals surface area contributed by atoms with E-state index in [4.69, 9.17) is 4.42 Å². The Morgan fingerprint density at radius 1 is 1.20 bits per heavy atom. The van der Waals surface area contributed by atoms with Gasteiger partial charge in [0, 0.05) is 37.4 Å². The lowest BCUT2D eigenvalue weighted by atomic mass is 9.99. The Hall–Kier alpha value is -2.43. The minimum absolute atomic E-state index is 0.0166. The number of anilines is 2. The van der Waals surface area contributed by atoms with E-state index in [1.54, 1.807) is 6.26 Å². The van der Waals surface area contributed by atoms with Gasteiger partial charge in [-0.25, -0.2) is 0 Å². The molecule has 0 spiro atoms. The fourth-order valence-electron chi connectivity index (χ4n) is 3.06. The van der Waals surface area contributed by atoms with Crippen LogP contribution in [-0.2, 0) is 11.3 Å². The van der Waals surface area contributed by atoms with E-state index in [2.05, 4.69) is 46.7 Å². The molecule has 0 bridgehead atoms. The van der Waals surface area contributed by atoms with E-state index in [-0.39, 0.29) is 5.91 Å². The van der Waals surface area contributed by atoms with Crippen molar-refractivity contribution in [2.75, 3.05) is 29.9 Å². The summed E-state index contributed by atoms with van der Waals surface area (Å²) < 4.78 is 5.19. The predicted molar refractivity (Wildman–Crippen MR) is 101 cm³/mol. The first-order valence-electron chi connectivity index (χ1n) is 9.08. The molecule has 0 atom stereocenters. The van der Waals surface area contributed by atoms with Crippen molar-refractivity contribution < 1.29 is 9.21 Å². The highest BCUT2D eigenvalue weighted by molar-refractivity contribution is 5.76. The van der Waals surface area contributed by atoms with Crippen molar-refractivity contribution >= 4 is 17.3 Å². The molecule has 134 valence electrons. The zero-order valence-corrected chi connectivity index (χ0v) is 14.8. The minimum atomic E-state index is 0.0166. The first-order valence-corrected chi connectivity index (χ1v) is 9.08. The van der Waals surface area contributed by atoms with Crippen molar-refractivity contribution in [3.63, 3.8) is 0 Å². The third kappa shape index (κ3) is 5.28. The van der Waals surface area contributed by atoms with Crippen LogP contribution in [0.2, 0.25) is 0 Å². The van der Waals surface area contributed by atoms with Crippen molar-refractivity contribution in [1.82, 2.24) is 5.32 Å². The molecule has 0 aliphatic carbocycles. The number of rotatable bonds is 7. The molecule has 0 radical (unpaired) electrons. The van der Waals surface area contributed by atoms with Gasteiger partial charge in [0.25, 0.3) is 0 Å². The monoisotopic (exact) mass is 341 g/mol. The second kappa shape index (κ2) is 8.60. The highest BCUT2D eigenvalue weighted by Gasteiger charge is 2.15.